The Hall–Kier alpha value is -1.57. The molecule has 1 aromatic carbocycles. The van der Waals surface area contributed by atoms with Crippen molar-refractivity contribution in [2.45, 2.75) is 44.9 Å². The van der Waals surface area contributed by atoms with Gasteiger partial charge in [-0.3, -0.25) is 4.79 Å². The molecule has 1 aliphatic heterocycles. The molecule has 1 unspecified atom stereocenters. The van der Waals surface area contributed by atoms with Crippen molar-refractivity contribution in [3.63, 3.8) is 0 Å². The zero-order valence-corrected chi connectivity index (χ0v) is 13.1. The third kappa shape index (κ3) is 2.64. The maximum absolute atomic E-state index is 12.3. The van der Waals surface area contributed by atoms with Crippen molar-refractivity contribution >= 4 is 12.0 Å². The van der Waals surface area contributed by atoms with E-state index in [0.717, 1.165) is 32.4 Å². The van der Waals surface area contributed by atoms with Gasteiger partial charge in [-0.2, -0.15) is 0 Å². The van der Waals surface area contributed by atoms with Crippen molar-refractivity contribution in [2.75, 3.05) is 13.1 Å². The number of amides is 1. The second-order valence-corrected chi connectivity index (χ2v) is 6.68. The first-order chi connectivity index (χ1) is 10.1. The van der Waals surface area contributed by atoms with Gasteiger partial charge in [0, 0.05) is 24.9 Å². The van der Waals surface area contributed by atoms with Crippen molar-refractivity contribution in [3.05, 3.63) is 41.5 Å². The highest BCUT2D eigenvalue weighted by molar-refractivity contribution is 5.77. The first-order valence-electron chi connectivity index (χ1n) is 8.21. The van der Waals surface area contributed by atoms with Crippen LogP contribution in [0.3, 0.4) is 0 Å². The Morgan fingerprint density at radius 3 is 2.71 bits per heavy atom. The Morgan fingerprint density at radius 1 is 1.29 bits per heavy atom. The summed E-state index contributed by atoms with van der Waals surface area (Å²) in [4.78, 5) is 14.4. The molecule has 21 heavy (non-hydrogen) atoms. The number of likely N-dealkylation sites (tertiary alicyclic amines) is 1. The van der Waals surface area contributed by atoms with Gasteiger partial charge in [0.2, 0.25) is 5.91 Å². The lowest BCUT2D eigenvalue weighted by molar-refractivity contribution is -0.133. The smallest absolute Gasteiger partial charge is 0.222 e. The summed E-state index contributed by atoms with van der Waals surface area (Å²) in [7, 11) is 0. The molecule has 1 aliphatic carbocycles. The Labute approximate surface area is 127 Å². The topological polar surface area (TPSA) is 20.3 Å². The highest BCUT2D eigenvalue weighted by atomic mass is 16.2. The van der Waals surface area contributed by atoms with Gasteiger partial charge < -0.3 is 4.90 Å². The van der Waals surface area contributed by atoms with Crippen molar-refractivity contribution in [1.29, 1.82) is 0 Å². The van der Waals surface area contributed by atoms with Crippen LogP contribution in [0.5, 0.6) is 0 Å². The molecule has 1 spiro atoms. The minimum atomic E-state index is 0.184. The average Bonchev–Trinajstić information content (AvgIpc) is 2.87. The summed E-state index contributed by atoms with van der Waals surface area (Å²) in [5.41, 5.74) is 3.00. The lowest BCUT2D eigenvalue weighted by Gasteiger charge is -2.39. The van der Waals surface area contributed by atoms with Crippen LogP contribution in [-0.4, -0.2) is 23.9 Å². The van der Waals surface area contributed by atoms with Crippen LogP contribution in [0.25, 0.3) is 6.08 Å². The van der Waals surface area contributed by atoms with Gasteiger partial charge in [0.25, 0.3) is 0 Å². The molecule has 0 radical (unpaired) electrons. The molecule has 0 bridgehead atoms. The van der Waals surface area contributed by atoms with E-state index in [1.807, 2.05) is 0 Å². The first-order valence-corrected chi connectivity index (χ1v) is 8.21. The summed E-state index contributed by atoms with van der Waals surface area (Å²) >= 11 is 0. The fraction of sp³-hybridized carbons (Fsp3) is 0.526. The van der Waals surface area contributed by atoms with Gasteiger partial charge in [-0.1, -0.05) is 56.7 Å². The second-order valence-electron chi connectivity index (χ2n) is 6.68. The van der Waals surface area contributed by atoms with Crippen molar-refractivity contribution in [2.24, 2.45) is 5.92 Å². The monoisotopic (exact) mass is 283 g/mol. The molecule has 2 heteroatoms. The molecule has 0 N–H and O–H groups in total. The van der Waals surface area contributed by atoms with Gasteiger partial charge in [-0.15, -0.1) is 0 Å². The molecule has 1 aromatic rings. The second kappa shape index (κ2) is 5.67. The predicted octanol–water partition coefficient (Wildman–Crippen LogP) is 4.01. The normalized spacial score (nSPS) is 20.6. The largest absolute Gasteiger partial charge is 0.343 e. The van der Waals surface area contributed by atoms with Gasteiger partial charge in [0.1, 0.15) is 0 Å². The number of piperidine rings is 1. The Balaban J connectivity index is 1.66. The molecule has 0 saturated carbocycles. The third-order valence-corrected chi connectivity index (χ3v) is 5.31. The van der Waals surface area contributed by atoms with Gasteiger partial charge in [0.15, 0.2) is 0 Å². The van der Waals surface area contributed by atoms with E-state index >= 15 is 0 Å². The van der Waals surface area contributed by atoms with Crippen molar-refractivity contribution in [1.82, 2.24) is 4.90 Å². The zero-order valence-electron chi connectivity index (χ0n) is 13.1. The van der Waals surface area contributed by atoms with E-state index < -0.39 is 0 Å². The molecule has 2 nitrogen and oxygen atoms in total. The fourth-order valence-corrected chi connectivity index (χ4v) is 3.60. The van der Waals surface area contributed by atoms with E-state index in [2.05, 4.69) is 55.2 Å². The maximum atomic E-state index is 12.3. The van der Waals surface area contributed by atoms with Crippen LogP contribution in [0.2, 0.25) is 0 Å². The van der Waals surface area contributed by atoms with Gasteiger partial charge in [-0.05, 0) is 29.9 Å². The predicted molar refractivity (Wildman–Crippen MR) is 87.0 cm³/mol. The van der Waals surface area contributed by atoms with Gasteiger partial charge in [-0.25, -0.2) is 0 Å². The minimum Gasteiger partial charge on any atom is -0.343 e. The van der Waals surface area contributed by atoms with Gasteiger partial charge in [0.05, 0.1) is 0 Å². The van der Waals surface area contributed by atoms with Crippen molar-refractivity contribution in [3.8, 4) is 0 Å². The van der Waals surface area contributed by atoms with E-state index in [9.17, 15) is 4.79 Å². The average molecular weight is 283 g/mol. The quantitative estimate of drug-likeness (QED) is 0.820. The molecule has 1 fully saturated rings. The van der Waals surface area contributed by atoms with E-state index in [1.54, 1.807) is 0 Å². The Kier molecular flexibility index (Phi) is 3.88. The van der Waals surface area contributed by atoms with Crippen LogP contribution in [-0.2, 0) is 10.2 Å². The number of hydrogen-bond acceptors (Lipinski definition) is 1. The number of hydrogen-bond donors (Lipinski definition) is 0. The lowest BCUT2D eigenvalue weighted by atomic mass is 9.74. The molecule has 1 atom stereocenters. The summed E-state index contributed by atoms with van der Waals surface area (Å²) in [6.45, 7) is 6.12. The molecular weight excluding hydrogens is 258 g/mol. The number of nitrogens with zero attached hydrogens (tertiary/aromatic N) is 1. The lowest BCUT2D eigenvalue weighted by Crippen LogP contribution is -2.44. The van der Waals surface area contributed by atoms with E-state index in [0.29, 0.717) is 18.2 Å². The molecule has 0 aromatic heterocycles. The summed E-state index contributed by atoms with van der Waals surface area (Å²) in [5, 5.41) is 0. The number of carbonyl (C=O) groups excluding carboxylic acids is 1. The standard InChI is InChI=1S/C19H25NO/c1-3-15(2)14-18(21)20-12-10-19(11-13-20)9-8-16-6-4-5-7-17(16)19/h4-9,15H,3,10-14H2,1-2H3. The number of rotatable bonds is 3. The van der Waals surface area contributed by atoms with Crippen LogP contribution >= 0.6 is 0 Å². The SMILES string of the molecule is CCC(C)CC(=O)N1CCC2(C=Cc3ccccc32)CC1. The number of fused-ring (bicyclic) bond motifs is 2. The maximum Gasteiger partial charge on any atom is 0.222 e. The Bertz CT molecular complexity index is 552. The van der Waals surface area contributed by atoms with Crippen molar-refractivity contribution < 1.29 is 4.79 Å². The van der Waals surface area contributed by atoms with E-state index in [-0.39, 0.29) is 5.41 Å². The summed E-state index contributed by atoms with van der Waals surface area (Å²) in [6, 6.07) is 8.69. The highest BCUT2D eigenvalue weighted by Gasteiger charge is 2.38. The van der Waals surface area contributed by atoms with Crippen LogP contribution in [0.15, 0.2) is 30.3 Å². The fourth-order valence-electron chi connectivity index (χ4n) is 3.60. The summed E-state index contributed by atoms with van der Waals surface area (Å²) in [6.07, 6.45) is 8.54. The first kappa shape index (κ1) is 14.4. The zero-order chi connectivity index (χ0) is 14.9. The van der Waals surface area contributed by atoms with Gasteiger partial charge >= 0.3 is 0 Å². The molecule has 112 valence electrons. The van der Waals surface area contributed by atoms with E-state index in [4.69, 9.17) is 0 Å². The number of allylic oxidation sites excluding steroid dienone is 1. The molecule has 1 amide bonds. The number of benzene rings is 1. The number of carbonyl (C=O) groups is 1. The molecule has 1 heterocycles. The molecule has 2 aliphatic rings. The van der Waals surface area contributed by atoms with Crippen LogP contribution < -0.4 is 0 Å². The molecule has 3 rings (SSSR count). The van der Waals surface area contributed by atoms with Crippen LogP contribution in [0, 0.1) is 5.92 Å². The molecular formula is C19H25NO. The third-order valence-electron chi connectivity index (χ3n) is 5.31. The van der Waals surface area contributed by atoms with Crippen LogP contribution in [0.4, 0.5) is 0 Å². The molecule has 1 saturated heterocycles. The minimum absolute atomic E-state index is 0.184. The summed E-state index contributed by atoms with van der Waals surface area (Å²) < 4.78 is 0. The Morgan fingerprint density at radius 2 is 2.00 bits per heavy atom. The summed E-state index contributed by atoms with van der Waals surface area (Å²) in [5.74, 6) is 0.843. The van der Waals surface area contributed by atoms with E-state index in [1.165, 1.54) is 11.1 Å². The highest BCUT2D eigenvalue weighted by Crippen LogP contribution is 2.43. The van der Waals surface area contributed by atoms with Crippen LogP contribution in [0.1, 0.15) is 50.7 Å².